The minimum atomic E-state index is -3.08. The minimum absolute atomic E-state index is 0.131. The summed E-state index contributed by atoms with van der Waals surface area (Å²) in [6.07, 6.45) is 6.76. The summed E-state index contributed by atoms with van der Waals surface area (Å²) in [6.45, 7) is 8.35. The van der Waals surface area contributed by atoms with Crippen molar-refractivity contribution in [3.8, 4) is 0 Å². The quantitative estimate of drug-likeness (QED) is 0.692. The second-order valence-electron chi connectivity index (χ2n) is 10.1. The maximum absolute atomic E-state index is 14.8. The number of hydrogen-bond acceptors (Lipinski definition) is 4. The lowest BCUT2D eigenvalue weighted by Gasteiger charge is -2.31. The average Bonchev–Trinajstić information content (AvgIpc) is 3.13. The predicted molar refractivity (Wildman–Crippen MR) is 120 cm³/mol. The highest BCUT2D eigenvalue weighted by Crippen LogP contribution is 2.41. The zero-order chi connectivity index (χ0) is 21.5. The summed E-state index contributed by atoms with van der Waals surface area (Å²) in [5.41, 5.74) is 4.11. The van der Waals surface area contributed by atoms with Crippen molar-refractivity contribution >= 4 is 21.6 Å². The zero-order valence-corrected chi connectivity index (χ0v) is 19.2. The van der Waals surface area contributed by atoms with Gasteiger partial charge in [0.1, 0.15) is 5.82 Å². The molecule has 0 atom stereocenters. The molecule has 0 unspecified atom stereocenters. The van der Waals surface area contributed by atoms with Gasteiger partial charge in [0.25, 0.3) is 0 Å². The van der Waals surface area contributed by atoms with Gasteiger partial charge in [-0.3, -0.25) is 0 Å². The van der Waals surface area contributed by atoms with Crippen molar-refractivity contribution in [2.75, 3.05) is 37.0 Å². The SMILES string of the molecule is CC(C)(C)S(=O)(=O)CC1CCC(C2=Cc3c(F)cc(N4CCOCC4)cc3C2)CC1. The van der Waals surface area contributed by atoms with Crippen molar-refractivity contribution in [1.29, 1.82) is 0 Å². The molecular formula is C24H34FNO3S. The maximum Gasteiger partial charge on any atom is 0.155 e. The van der Waals surface area contributed by atoms with Gasteiger partial charge in [0.05, 0.1) is 23.7 Å². The predicted octanol–water partition coefficient (Wildman–Crippen LogP) is 4.62. The molecule has 0 radical (unpaired) electrons. The highest BCUT2D eigenvalue weighted by atomic mass is 32.2. The van der Waals surface area contributed by atoms with Crippen LogP contribution < -0.4 is 4.90 Å². The number of rotatable bonds is 4. The molecule has 3 aliphatic rings. The summed E-state index contributed by atoms with van der Waals surface area (Å²) in [6, 6.07) is 3.81. The van der Waals surface area contributed by atoms with Gasteiger partial charge in [0.15, 0.2) is 9.84 Å². The Morgan fingerprint density at radius 3 is 2.40 bits per heavy atom. The Morgan fingerprint density at radius 1 is 1.10 bits per heavy atom. The first-order chi connectivity index (χ1) is 14.1. The van der Waals surface area contributed by atoms with E-state index in [1.807, 2.05) is 0 Å². The number of allylic oxidation sites excluding steroid dienone is 1. The van der Waals surface area contributed by atoms with Crippen LogP contribution in [0, 0.1) is 17.7 Å². The van der Waals surface area contributed by atoms with Crippen molar-refractivity contribution in [2.45, 2.75) is 57.6 Å². The molecule has 4 nitrogen and oxygen atoms in total. The first kappa shape index (κ1) is 21.8. The van der Waals surface area contributed by atoms with Gasteiger partial charge < -0.3 is 9.64 Å². The van der Waals surface area contributed by atoms with Gasteiger partial charge in [-0.2, -0.15) is 0 Å². The van der Waals surface area contributed by atoms with E-state index in [1.54, 1.807) is 26.8 Å². The van der Waals surface area contributed by atoms with Crippen LogP contribution in [-0.2, 0) is 21.0 Å². The molecule has 0 N–H and O–H groups in total. The lowest BCUT2D eigenvalue weighted by molar-refractivity contribution is 0.122. The van der Waals surface area contributed by atoms with Crippen LogP contribution in [0.1, 0.15) is 57.6 Å². The topological polar surface area (TPSA) is 46.6 Å². The smallest absolute Gasteiger partial charge is 0.155 e. The number of nitrogens with zero attached hydrogens (tertiary/aromatic N) is 1. The number of anilines is 1. The average molecular weight is 436 g/mol. The van der Waals surface area contributed by atoms with Crippen molar-refractivity contribution in [2.24, 2.45) is 11.8 Å². The molecule has 1 saturated heterocycles. The molecule has 0 amide bonds. The number of hydrogen-bond donors (Lipinski definition) is 0. The molecule has 166 valence electrons. The molecule has 0 bridgehead atoms. The van der Waals surface area contributed by atoms with Crippen LogP contribution in [0.4, 0.5) is 10.1 Å². The molecule has 0 aromatic heterocycles. The van der Waals surface area contributed by atoms with Gasteiger partial charge >= 0.3 is 0 Å². The summed E-state index contributed by atoms with van der Waals surface area (Å²) in [4.78, 5) is 2.20. The molecule has 2 aliphatic carbocycles. The Hall–Kier alpha value is -1.40. The van der Waals surface area contributed by atoms with Crippen LogP contribution in [0.25, 0.3) is 6.08 Å². The molecule has 0 spiro atoms. The Bertz CT molecular complexity index is 919. The molecule has 1 aliphatic heterocycles. The third-order valence-electron chi connectivity index (χ3n) is 7.06. The van der Waals surface area contributed by atoms with E-state index < -0.39 is 14.6 Å². The van der Waals surface area contributed by atoms with Crippen LogP contribution in [-0.4, -0.2) is 45.2 Å². The molecule has 4 rings (SSSR count). The minimum Gasteiger partial charge on any atom is -0.378 e. The number of ether oxygens (including phenoxy) is 1. The van der Waals surface area contributed by atoms with E-state index in [1.165, 1.54) is 5.57 Å². The largest absolute Gasteiger partial charge is 0.378 e. The summed E-state index contributed by atoms with van der Waals surface area (Å²) in [5, 5.41) is 0. The Balaban J connectivity index is 1.39. The van der Waals surface area contributed by atoms with Crippen LogP contribution in [0.2, 0.25) is 0 Å². The monoisotopic (exact) mass is 435 g/mol. The van der Waals surface area contributed by atoms with E-state index in [4.69, 9.17) is 4.74 Å². The van der Waals surface area contributed by atoms with Crippen LogP contribution >= 0.6 is 0 Å². The molecule has 2 fully saturated rings. The van der Waals surface area contributed by atoms with E-state index in [-0.39, 0.29) is 11.7 Å². The fraction of sp³-hybridized carbons (Fsp3) is 0.667. The molecule has 1 aromatic rings. The standard InChI is InChI=1S/C24H34FNO3S/c1-24(2,3)30(27,28)16-17-4-6-18(7-5-17)19-12-20-13-21(15-23(25)22(20)14-19)26-8-10-29-11-9-26/h13-15,17-18H,4-12,16H2,1-3H3. The first-order valence-corrected chi connectivity index (χ1v) is 12.9. The van der Waals surface area contributed by atoms with Crippen molar-refractivity contribution in [1.82, 2.24) is 0 Å². The molecule has 30 heavy (non-hydrogen) atoms. The Morgan fingerprint density at radius 2 is 1.77 bits per heavy atom. The molecule has 1 saturated carbocycles. The number of benzene rings is 1. The lowest BCUT2D eigenvalue weighted by Crippen LogP contribution is -2.36. The third-order valence-corrected chi connectivity index (χ3v) is 9.84. The van der Waals surface area contributed by atoms with Gasteiger partial charge in [0.2, 0.25) is 0 Å². The van der Waals surface area contributed by atoms with Crippen LogP contribution in [0.15, 0.2) is 17.7 Å². The highest BCUT2D eigenvalue weighted by molar-refractivity contribution is 7.92. The lowest BCUT2D eigenvalue weighted by atomic mass is 9.78. The van der Waals surface area contributed by atoms with Crippen molar-refractivity contribution < 1.29 is 17.5 Å². The molecular weight excluding hydrogens is 401 g/mol. The fourth-order valence-electron chi connectivity index (χ4n) is 4.95. The Labute approximate surface area is 180 Å². The van der Waals surface area contributed by atoms with Gasteiger partial charge in [-0.1, -0.05) is 11.6 Å². The van der Waals surface area contributed by atoms with Gasteiger partial charge in [-0.15, -0.1) is 0 Å². The van der Waals surface area contributed by atoms with Crippen molar-refractivity contribution in [3.63, 3.8) is 0 Å². The van der Waals surface area contributed by atoms with Crippen LogP contribution in [0.5, 0.6) is 0 Å². The second-order valence-corrected chi connectivity index (χ2v) is 12.9. The summed E-state index contributed by atoms with van der Waals surface area (Å²) < 4.78 is 44.6. The summed E-state index contributed by atoms with van der Waals surface area (Å²) in [5.74, 6) is 0.853. The maximum atomic E-state index is 14.8. The summed E-state index contributed by atoms with van der Waals surface area (Å²) >= 11 is 0. The van der Waals surface area contributed by atoms with E-state index in [0.717, 1.165) is 62.0 Å². The van der Waals surface area contributed by atoms with Gasteiger partial charge in [-0.05, 0) is 82.4 Å². The zero-order valence-electron chi connectivity index (χ0n) is 18.4. The number of halogens is 1. The van der Waals surface area contributed by atoms with E-state index >= 15 is 0 Å². The van der Waals surface area contributed by atoms with Gasteiger partial charge in [0, 0.05) is 24.3 Å². The summed E-state index contributed by atoms with van der Waals surface area (Å²) in [7, 11) is -3.08. The molecule has 1 aromatic carbocycles. The highest BCUT2D eigenvalue weighted by Gasteiger charge is 2.34. The first-order valence-electron chi connectivity index (χ1n) is 11.2. The molecule has 6 heteroatoms. The third kappa shape index (κ3) is 4.45. The van der Waals surface area contributed by atoms with Gasteiger partial charge in [-0.25, -0.2) is 12.8 Å². The second kappa shape index (κ2) is 8.27. The number of sulfone groups is 1. The number of morpholine rings is 1. The van der Waals surface area contributed by atoms with E-state index in [0.29, 0.717) is 24.9 Å². The molecule has 1 heterocycles. The normalized spacial score (nSPS) is 25.2. The van der Waals surface area contributed by atoms with E-state index in [2.05, 4.69) is 17.0 Å². The Kier molecular flexibility index (Phi) is 6.01. The van der Waals surface area contributed by atoms with Crippen LogP contribution in [0.3, 0.4) is 0 Å². The number of fused-ring (bicyclic) bond motifs is 1. The fourth-order valence-corrected chi connectivity index (χ4v) is 6.40. The van der Waals surface area contributed by atoms with Crippen molar-refractivity contribution in [3.05, 3.63) is 34.6 Å². The van der Waals surface area contributed by atoms with E-state index in [9.17, 15) is 12.8 Å².